The van der Waals surface area contributed by atoms with Crippen LogP contribution in [0, 0.1) is 0 Å². The molecule has 0 saturated carbocycles. The van der Waals surface area contributed by atoms with E-state index in [9.17, 15) is 14.3 Å². The van der Waals surface area contributed by atoms with Crippen molar-refractivity contribution in [3.05, 3.63) is 60.2 Å². The highest BCUT2D eigenvalue weighted by Gasteiger charge is 2.07. The Morgan fingerprint density at radius 1 is 1.16 bits per heavy atom. The number of aliphatic hydroxyl groups excluding tert-OH is 1. The molecule has 3 rings (SSSR count). The van der Waals surface area contributed by atoms with Gasteiger partial charge < -0.3 is 15.6 Å². The first-order valence-electron chi connectivity index (χ1n) is 7.74. The largest absolute Gasteiger partial charge is 0.491 e. The maximum atomic E-state index is 12.3. The predicted octanol–water partition coefficient (Wildman–Crippen LogP) is 2.71. The third-order valence-electron chi connectivity index (χ3n) is 3.75. The van der Waals surface area contributed by atoms with Crippen LogP contribution in [-0.4, -0.2) is 35.4 Å². The summed E-state index contributed by atoms with van der Waals surface area (Å²) in [6.45, 7) is -0.938. The summed E-state index contributed by atoms with van der Waals surface area (Å²) < 4.78 is 17.6. The van der Waals surface area contributed by atoms with Gasteiger partial charge in [-0.1, -0.05) is 18.2 Å². The molecule has 2 aromatic carbocycles. The van der Waals surface area contributed by atoms with Crippen molar-refractivity contribution in [2.75, 3.05) is 13.3 Å². The summed E-state index contributed by atoms with van der Waals surface area (Å²) in [5.41, 5.74) is 8.10. The molecule has 0 aliphatic carbocycles. The zero-order chi connectivity index (χ0) is 17.8. The number of nitrogens with zero attached hydrogens (tertiary/aromatic N) is 1. The molecule has 0 saturated heterocycles. The lowest BCUT2D eigenvalue weighted by molar-refractivity contribution is 0.0842. The maximum Gasteiger partial charge on any atom is 0.248 e. The molecule has 0 fully saturated rings. The second kappa shape index (κ2) is 7.27. The predicted molar refractivity (Wildman–Crippen MR) is 93.2 cm³/mol. The van der Waals surface area contributed by atoms with Crippen LogP contribution in [0.5, 0.6) is 5.75 Å². The fourth-order valence-corrected chi connectivity index (χ4v) is 2.40. The van der Waals surface area contributed by atoms with Crippen molar-refractivity contribution in [1.29, 1.82) is 0 Å². The van der Waals surface area contributed by atoms with Gasteiger partial charge >= 0.3 is 0 Å². The van der Waals surface area contributed by atoms with Crippen LogP contribution in [0.3, 0.4) is 0 Å². The summed E-state index contributed by atoms with van der Waals surface area (Å²) in [6, 6.07) is 16.0. The summed E-state index contributed by atoms with van der Waals surface area (Å²) >= 11 is 0. The number of alkyl halides is 1. The minimum Gasteiger partial charge on any atom is -0.491 e. The lowest BCUT2D eigenvalue weighted by atomic mass is 10.1. The van der Waals surface area contributed by atoms with E-state index < -0.39 is 18.7 Å². The van der Waals surface area contributed by atoms with E-state index in [1.54, 1.807) is 42.5 Å². The Morgan fingerprint density at radius 3 is 2.60 bits per heavy atom. The number of carbonyl (C=O) groups is 1. The van der Waals surface area contributed by atoms with Gasteiger partial charge in [-0.25, -0.2) is 9.37 Å². The molecule has 0 aliphatic heterocycles. The number of aliphatic hydroxyl groups is 1. The van der Waals surface area contributed by atoms with Gasteiger partial charge in [-0.3, -0.25) is 4.79 Å². The molecule has 128 valence electrons. The van der Waals surface area contributed by atoms with Crippen molar-refractivity contribution in [3.63, 3.8) is 0 Å². The van der Waals surface area contributed by atoms with E-state index in [4.69, 9.17) is 10.5 Å². The molecule has 1 atom stereocenters. The lowest BCUT2D eigenvalue weighted by Gasteiger charge is -2.10. The number of aromatic nitrogens is 1. The maximum absolute atomic E-state index is 12.3. The monoisotopic (exact) mass is 340 g/mol. The number of rotatable bonds is 6. The first-order valence-corrected chi connectivity index (χ1v) is 7.74. The molecule has 6 heteroatoms. The first kappa shape index (κ1) is 16.9. The van der Waals surface area contributed by atoms with Gasteiger partial charge in [0.15, 0.2) is 0 Å². The quantitative estimate of drug-likeness (QED) is 0.722. The van der Waals surface area contributed by atoms with Crippen LogP contribution in [0.25, 0.3) is 22.2 Å². The van der Waals surface area contributed by atoms with Crippen LogP contribution in [0.15, 0.2) is 54.6 Å². The third kappa shape index (κ3) is 3.92. The number of halogens is 1. The highest BCUT2D eigenvalue weighted by atomic mass is 19.1. The van der Waals surface area contributed by atoms with Crippen LogP contribution in [0.1, 0.15) is 10.4 Å². The van der Waals surface area contributed by atoms with Crippen LogP contribution in [0.4, 0.5) is 4.39 Å². The van der Waals surface area contributed by atoms with Gasteiger partial charge in [-0.15, -0.1) is 0 Å². The number of primary amides is 1. The average Bonchev–Trinajstić information content (AvgIpc) is 2.65. The zero-order valence-electron chi connectivity index (χ0n) is 13.4. The van der Waals surface area contributed by atoms with Crippen molar-refractivity contribution in [3.8, 4) is 17.0 Å². The standard InChI is InChI=1S/C19H17FN2O3/c20-10-15(23)11-25-16-6-8-18-14(9-16)5-7-17(22-18)12-1-3-13(4-2-12)19(21)24/h1-9,15,23H,10-11H2,(H2,21,24). The fourth-order valence-electron chi connectivity index (χ4n) is 2.40. The zero-order valence-corrected chi connectivity index (χ0v) is 13.4. The molecule has 1 amide bonds. The minimum absolute atomic E-state index is 0.0975. The number of benzene rings is 2. The number of ether oxygens (including phenoxy) is 1. The second-order valence-corrected chi connectivity index (χ2v) is 5.61. The van der Waals surface area contributed by atoms with Gasteiger partial charge in [0.1, 0.15) is 25.1 Å². The normalized spacial score (nSPS) is 12.1. The summed E-state index contributed by atoms with van der Waals surface area (Å²) in [7, 11) is 0. The molecule has 25 heavy (non-hydrogen) atoms. The Hall–Kier alpha value is -2.99. The smallest absolute Gasteiger partial charge is 0.248 e. The highest BCUT2D eigenvalue weighted by molar-refractivity contribution is 5.93. The van der Waals surface area contributed by atoms with Gasteiger partial charge in [-0.05, 0) is 36.4 Å². The molecule has 1 aromatic heterocycles. The van der Waals surface area contributed by atoms with Crippen LogP contribution < -0.4 is 10.5 Å². The van der Waals surface area contributed by atoms with Gasteiger partial charge in [0, 0.05) is 16.5 Å². The number of hydrogen-bond donors (Lipinski definition) is 2. The molecule has 0 spiro atoms. The van der Waals surface area contributed by atoms with Gasteiger partial charge in [-0.2, -0.15) is 0 Å². The molecule has 5 nitrogen and oxygen atoms in total. The third-order valence-corrected chi connectivity index (χ3v) is 3.75. The Labute approximate surface area is 143 Å². The number of pyridine rings is 1. The van der Waals surface area contributed by atoms with Crippen LogP contribution in [-0.2, 0) is 0 Å². The summed E-state index contributed by atoms with van der Waals surface area (Å²) in [6.07, 6.45) is -1.13. The number of amides is 1. The molecule has 1 heterocycles. The molecule has 3 N–H and O–H groups in total. The van der Waals surface area contributed by atoms with Gasteiger partial charge in [0.2, 0.25) is 5.91 Å². The highest BCUT2D eigenvalue weighted by Crippen LogP contribution is 2.24. The van der Waals surface area contributed by atoms with E-state index >= 15 is 0 Å². The summed E-state index contributed by atoms with van der Waals surface area (Å²) in [5.74, 6) is 0.0730. The fraction of sp³-hybridized carbons (Fsp3) is 0.158. The van der Waals surface area contributed by atoms with E-state index in [1.807, 2.05) is 12.1 Å². The van der Waals surface area contributed by atoms with Crippen molar-refractivity contribution in [1.82, 2.24) is 4.98 Å². The van der Waals surface area contributed by atoms with Crippen molar-refractivity contribution in [2.45, 2.75) is 6.10 Å². The first-order chi connectivity index (χ1) is 12.1. The minimum atomic E-state index is -1.13. The van der Waals surface area contributed by atoms with Gasteiger partial charge in [0.25, 0.3) is 0 Å². The van der Waals surface area contributed by atoms with E-state index in [1.165, 1.54) is 0 Å². The molecule has 0 radical (unpaired) electrons. The van der Waals surface area contributed by atoms with Crippen LogP contribution in [0.2, 0.25) is 0 Å². The molecular formula is C19H17FN2O3. The topological polar surface area (TPSA) is 85.4 Å². The number of fused-ring (bicyclic) bond motifs is 1. The molecule has 0 bridgehead atoms. The Bertz CT molecular complexity index is 897. The lowest BCUT2D eigenvalue weighted by Crippen LogP contribution is -2.19. The SMILES string of the molecule is NC(=O)c1ccc(-c2ccc3cc(OCC(O)CF)ccc3n2)cc1. The van der Waals surface area contributed by atoms with E-state index in [2.05, 4.69) is 4.98 Å². The number of hydrogen-bond acceptors (Lipinski definition) is 4. The Kier molecular flexibility index (Phi) is 4.90. The van der Waals surface area contributed by atoms with E-state index in [-0.39, 0.29) is 6.61 Å². The second-order valence-electron chi connectivity index (χ2n) is 5.61. The average molecular weight is 340 g/mol. The van der Waals surface area contributed by atoms with Crippen LogP contribution >= 0.6 is 0 Å². The summed E-state index contributed by atoms with van der Waals surface area (Å²) in [4.78, 5) is 15.7. The Morgan fingerprint density at radius 2 is 1.92 bits per heavy atom. The molecule has 1 unspecified atom stereocenters. The van der Waals surface area contributed by atoms with Crippen molar-refractivity contribution >= 4 is 16.8 Å². The van der Waals surface area contributed by atoms with Gasteiger partial charge in [0.05, 0.1) is 11.2 Å². The number of carbonyl (C=O) groups excluding carboxylic acids is 1. The van der Waals surface area contributed by atoms with E-state index in [0.717, 1.165) is 22.2 Å². The van der Waals surface area contributed by atoms with E-state index in [0.29, 0.717) is 11.3 Å². The van der Waals surface area contributed by atoms with Crippen molar-refractivity contribution in [2.24, 2.45) is 5.73 Å². The molecular weight excluding hydrogens is 323 g/mol. The molecule has 0 aliphatic rings. The van der Waals surface area contributed by atoms with Crippen molar-refractivity contribution < 1.29 is 19.0 Å². The summed E-state index contributed by atoms with van der Waals surface area (Å²) in [5, 5.41) is 10.1. The molecule has 3 aromatic rings. The number of nitrogens with two attached hydrogens (primary N) is 1. The Balaban J connectivity index is 1.84.